The van der Waals surface area contributed by atoms with Crippen molar-refractivity contribution in [3.05, 3.63) is 71.7 Å². The molecule has 2 aromatic carbocycles. The maximum Gasteiger partial charge on any atom is 0.303 e. The van der Waals surface area contributed by atoms with E-state index in [-0.39, 0.29) is 36.6 Å². The SMILES string of the molecule is [2H]c1c([2H])c([2H])c(CSCCC(CCCCC(=O)O)SCc2ccccc2)c([2H])c1[2H]. The monoisotopic (exact) mass is 393 g/mol. The zero-order valence-electron chi connectivity index (χ0n) is 19.8. The third kappa shape index (κ3) is 9.35. The molecular formula is C22H28O2S2. The molecule has 0 spiro atoms. The van der Waals surface area contributed by atoms with Gasteiger partial charge in [-0.15, -0.1) is 0 Å². The highest BCUT2D eigenvalue weighted by atomic mass is 32.2. The second-order valence-electron chi connectivity index (χ2n) is 6.00. The van der Waals surface area contributed by atoms with Crippen LogP contribution >= 0.6 is 23.5 Å². The van der Waals surface area contributed by atoms with Gasteiger partial charge in [-0.25, -0.2) is 0 Å². The second kappa shape index (κ2) is 12.9. The predicted octanol–water partition coefficient (Wildman–Crippen LogP) is 6.26. The molecule has 0 amide bonds. The fourth-order valence-corrected chi connectivity index (χ4v) is 4.82. The van der Waals surface area contributed by atoms with Gasteiger partial charge in [-0.2, -0.15) is 23.5 Å². The molecule has 2 aromatic rings. The van der Waals surface area contributed by atoms with Crippen LogP contribution in [-0.2, 0) is 16.3 Å². The van der Waals surface area contributed by atoms with Gasteiger partial charge in [0, 0.05) is 23.2 Å². The number of benzene rings is 2. The molecule has 26 heavy (non-hydrogen) atoms. The van der Waals surface area contributed by atoms with Gasteiger partial charge >= 0.3 is 5.97 Å². The van der Waals surface area contributed by atoms with E-state index in [0.717, 1.165) is 30.8 Å². The fraction of sp³-hybridized carbons (Fsp3) is 0.409. The quantitative estimate of drug-likeness (QED) is 0.408. The molecule has 1 N–H and O–H groups in total. The molecule has 0 heterocycles. The first kappa shape index (κ1) is 14.6. The fourth-order valence-electron chi connectivity index (χ4n) is 2.48. The molecule has 0 aliphatic rings. The maximum atomic E-state index is 10.7. The van der Waals surface area contributed by atoms with E-state index in [1.54, 1.807) is 11.8 Å². The summed E-state index contributed by atoms with van der Waals surface area (Å²) in [5.41, 5.74) is 1.61. The van der Waals surface area contributed by atoms with Crippen LogP contribution in [0.15, 0.2) is 60.5 Å². The van der Waals surface area contributed by atoms with Crippen LogP contribution in [0.5, 0.6) is 0 Å². The van der Waals surface area contributed by atoms with E-state index in [9.17, 15) is 4.79 Å². The summed E-state index contributed by atoms with van der Waals surface area (Å²) in [6, 6.07) is 9.06. The number of hydrogen-bond acceptors (Lipinski definition) is 3. The van der Waals surface area contributed by atoms with E-state index < -0.39 is 5.97 Å². The Labute approximate surface area is 172 Å². The molecule has 1 atom stereocenters. The van der Waals surface area contributed by atoms with Crippen LogP contribution in [0.1, 0.15) is 50.1 Å². The Kier molecular flexibility index (Phi) is 7.25. The van der Waals surface area contributed by atoms with Gasteiger partial charge in [-0.05, 0) is 36.1 Å². The van der Waals surface area contributed by atoms with Gasteiger partial charge < -0.3 is 5.11 Å². The van der Waals surface area contributed by atoms with E-state index in [1.165, 1.54) is 5.56 Å². The second-order valence-corrected chi connectivity index (χ2v) is 8.40. The summed E-state index contributed by atoms with van der Waals surface area (Å²) in [7, 11) is 0. The molecule has 0 fully saturated rings. The molecule has 0 saturated carbocycles. The van der Waals surface area contributed by atoms with Gasteiger partial charge in [0.2, 0.25) is 0 Å². The lowest BCUT2D eigenvalue weighted by molar-refractivity contribution is -0.137. The summed E-state index contributed by atoms with van der Waals surface area (Å²) < 4.78 is 39.3. The predicted molar refractivity (Wildman–Crippen MR) is 115 cm³/mol. The molecule has 0 radical (unpaired) electrons. The van der Waals surface area contributed by atoms with Crippen molar-refractivity contribution in [1.82, 2.24) is 0 Å². The summed E-state index contributed by atoms with van der Waals surface area (Å²) in [6.45, 7) is 0. The van der Waals surface area contributed by atoms with Crippen LogP contribution in [0, 0.1) is 0 Å². The minimum atomic E-state index is -0.761. The highest BCUT2D eigenvalue weighted by Gasteiger charge is 2.10. The standard InChI is InChI=1S/C22H28O2S2/c23-22(24)14-8-7-13-21(26-18-20-11-5-2-6-12-20)15-16-25-17-19-9-3-1-4-10-19/h1-6,9-12,21H,7-8,13-18H2,(H,23,24)/i1D,3D,4D,9D,10D. The summed E-state index contributed by atoms with van der Waals surface area (Å²) >= 11 is 3.45. The van der Waals surface area contributed by atoms with Crippen LogP contribution in [0.2, 0.25) is 0 Å². The summed E-state index contributed by atoms with van der Waals surface area (Å²) in [5.74, 6) is 1.33. The van der Waals surface area contributed by atoms with Gasteiger partial charge in [-0.1, -0.05) is 67.0 Å². The number of thioether (sulfide) groups is 2. The number of rotatable bonds is 13. The van der Waals surface area contributed by atoms with Crippen LogP contribution in [-0.4, -0.2) is 22.1 Å². The first-order valence-corrected chi connectivity index (χ1v) is 11.0. The smallest absolute Gasteiger partial charge is 0.303 e. The van der Waals surface area contributed by atoms with Crippen molar-refractivity contribution in [2.75, 3.05) is 5.75 Å². The Bertz CT molecular complexity index is 836. The molecule has 0 bridgehead atoms. The number of carboxylic acid groups (broad SMARTS) is 1. The molecule has 2 nitrogen and oxygen atoms in total. The highest BCUT2D eigenvalue weighted by molar-refractivity contribution is 7.99. The molecule has 2 rings (SSSR count). The average Bonchev–Trinajstić information content (AvgIpc) is 2.76. The number of hydrogen-bond donors (Lipinski definition) is 1. The third-order valence-corrected chi connectivity index (χ3v) is 6.34. The minimum absolute atomic E-state index is 0.123. The van der Waals surface area contributed by atoms with Crippen LogP contribution in [0.4, 0.5) is 0 Å². The van der Waals surface area contributed by atoms with Gasteiger partial charge in [0.15, 0.2) is 0 Å². The molecule has 0 aliphatic carbocycles. The van der Waals surface area contributed by atoms with Crippen LogP contribution in [0.25, 0.3) is 0 Å². The molecule has 0 saturated heterocycles. The van der Waals surface area contributed by atoms with E-state index in [1.807, 2.05) is 30.0 Å². The first-order chi connectivity index (χ1) is 14.8. The van der Waals surface area contributed by atoms with Crippen molar-refractivity contribution < 1.29 is 16.8 Å². The number of carbonyl (C=O) groups is 1. The van der Waals surface area contributed by atoms with Crippen molar-refractivity contribution >= 4 is 29.5 Å². The molecule has 0 aliphatic heterocycles. The normalized spacial score (nSPS) is 14.7. The van der Waals surface area contributed by atoms with Crippen molar-refractivity contribution in [2.45, 2.75) is 48.9 Å². The maximum absolute atomic E-state index is 10.7. The number of unbranched alkanes of at least 4 members (excludes halogenated alkanes) is 1. The van der Waals surface area contributed by atoms with Crippen LogP contribution < -0.4 is 0 Å². The Balaban J connectivity index is 1.89. The Hall–Kier alpha value is -1.39. The van der Waals surface area contributed by atoms with E-state index in [4.69, 9.17) is 12.0 Å². The summed E-state index contributed by atoms with van der Waals surface area (Å²) in [4.78, 5) is 10.7. The number of aliphatic carboxylic acids is 1. The van der Waals surface area contributed by atoms with Crippen molar-refractivity contribution in [3.8, 4) is 0 Å². The topological polar surface area (TPSA) is 37.3 Å². The molecule has 1 unspecified atom stereocenters. The Morgan fingerprint density at radius 3 is 2.50 bits per heavy atom. The Morgan fingerprint density at radius 2 is 1.77 bits per heavy atom. The lowest BCUT2D eigenvalue weighted by Crippen LogP contribution is -2.06. The minimum Gasteiger partial charge on any atom is -0.481 e. The first-order valence-electron chi connectivity index (χ1n) is 11.3. The van der Waals surface area contributed by atoms with Crippen molar-refractivity contribution in [1.29, 1.82) is 0 Å². The zero-order chi connectivity index (χ0) is 22.8. The Morgan fingerprint density at radius 1 is 1.00 bits per heavy atom. The van der Waals surface area contributed by atoms with Crippen molar-refractivity contribution in [3.63, 3.8) is 0 Å². The molecular weight excluding hydrogens is 360 g/mol. The van der Waals surface area contributed by atoms with Crippen LogP contribution in [0.3, 0.4) is 0 Å². The lowest BCUT2D eigenvalue weighted by Gasteiger charge is -2.16. The molecule has 140 valence electrons. The third-order valence-electron chi connectivity index (χ3n) is 3.88. The van der Waals surface area contributed by atoms with Gasteiger partial charge in [-0.3, -0.25) is 4.79 Å². The number of carboxylic acids is 1. The highest BCUT2D eigenvalue weighted by Crippen LogP contribution is 2.27. The average molecular weight is 394 g/mol. The summed E-state index contributed by atoms with van der Waals surface area (Å²) in [6.07, 6.45) is 3.61. The molecule has 0 aromatic heterocycles. The van der Waals surface area contributed by atoms with Gasteiger partial charge in [0.05, 0.1) is 6.85 Å². The van der Waals surface area contributed by atoms with E-state index in [2.05, 4.69) is 12.1 Å². The largest absolute Gasteiger partial charge is 0.481 e. The lowest BCUT2D eigenvalue weighted by atomic mass is 10.1. The summed E-state index contributed by atoms with van der Waals surface area (Å²) in [5, 5.41) is 9.23. The zero-order valence-corrected chi connectivity index (χ0v) is 16.4. The molecule has 4 heteroatoms. The van der Waals surface area contributed by atoms with Gasteiger partial charge in [0.1, 0.15) is 0 Å². The van der Waals surface area contributed by atoms with Gasteiger partial charge in [0.25, 0.3) is 0 Å². The van der Waals surface area contributed by atoms with Crippen molar-refractivity contribution in [2.24, 2.45) is 0 Å². The van der Waals surface area contributed by atoms with E-state index in [0.29, 0.717) is 23.0 Å². The van der Waals surface area contributed by atoms with E-state index >= 15 is 0 Å².